The van der Waals surface area contributed by atoms with Crippen molar-refractivity contribution in [3.63, 3.8) is 0 Å². The number of hydrogen-bond donors (Lipinski definition) is 2. The summed E-state index contributed by atoms with van der Waals surface area (Å²) in [6.45, 7) is 1.69. The summed E-state index contributed by atoms with van der Waals surface area (Å²) < 4.78 is 26.2. The van der Waals surface area contributed by atoms with E-state index in [0.29, 0.717) is 11.0 Å². The van der Waals surface area contributed by atoms with Crippen molar-refractivity contribution in [1.29, 1.82) is 0 Å². The van der Waals surface area contributed by atoms with Crippen LogP contribution in [0.1, 0.15) is 6.92 Å². The van der Waals surface area contributed by atoms with E-state index in [2.05, 4.69) is 20.6 Å². The number of benzene rings is 2. The zero-order chi connectivity index (χ0) is 18.7. The first-order chi connectivity index (χ1) is 12.5. The van der Waals surface area contributed by atoms with Crippen LogP contribution in [0, 0.1) is 11.6 Å². The number of nitrogens with zero attached hydrogens (tertiary/aromatic N) is 2. The molecule has 0 aliphatic heterocycles. The molecule has 0 unspecified atom stereocenters. The first-order valence-electron chi connectivity index (χ1n) is 7.85. The van der Waals surface area contributed by atoms with Crippen molar-refractivity contribution in [2.45, 2.75) is 17.3 Å². The number of halogens is 2. The number of aromatic nitrogens is 2. The maximum absolute atomic E-state index is 13.3. The van der Waals surface area contributed by atoms with E-state index in [1.54, 1.807) is 14.0 Å². The van der Waals surface area contributed by atoms with Crippen molar-refractivity contribution in [3.8, 4) is 0 Å². The van der Waals surface area contributed by atoms with Crippen molar-refractivity contribution >= 4 is 40.1 Å². The summed E-state index contributed by atoms with van der Waals surface area (Å²) in [7, 11) is 1.77. The van der Waals surface area contributed by atoms with Crippen LogP contribution in [0.15, 0.2) is 47.6 Å². The van der Waals surface area contributed by atoms with Crippen molar-refractivity contribution < 1.29 is 13.6 Å². The number of nitrogens with one attached hydrogen (secondary N) is 2. The predicted octanol–water partition coefficient (Wildman–Crippen LogP) is 4.07. The summed E-state index contributed by atoms with van der Waals surface area (Å²) in [5, 5.41) is 6.38. The quantitative estimate of drug-likeness (QED) is 0.521. The Morgan fingerprint density at radius 2 is 1.88 bits per heavy atom. The van der Waals surface area contributed by atoms with E-state index in [4.69, 9.17) is 0 Å². The molecule has 134 valence electrons. The summed E-state index contributed by atoms with van der Waals surface area (Å²) in [6, 6.07) is 10.8. The fraction of sp³-hybridized carbons (Fsp3) is 0.167. The average Bonchev–Trinajstić information content (AvgIpc) is 2.64. The summed E-state index contributed by atoms with van der Waals surface area (Å²) in [4.78, 5) is 21.2. The molecule has 5 nitrogen and oxygen atoms in total. The first-order valence-corrected chi connectivity index (χ1v) is 8.73. The minimum atomic E-state index is -1.01. The lowest BCUT2D eigenvalue weighted by molar-refractivity contribution is -0.115. The van der Waals surface area contributed by atoms with Crippen LogP contribution in [-0.2, 0) is 4.79 Å². The van der Waals surface area contributed by atoms with Gasteiger partial charge in [0.05, 0.1) is 10.8 Å². The van der Waals surface area contributed by atoms with Gasteiger partial charge in [-0.3, -0.25) is 4.79 Å². The fourth-order valence-corrected chi connectivity index (χ4v) is 3.11. The topological polar surface area (TPSA) is 66.9 Å². The Balaban J connectivity index is 1.76. The summed E-state index contributed by atoms with van der Waals surface area (Å²) >= 11 is 1.18. The fourth-order valence-electron chi connectivity index (χ4n) is 2.33. The standard InChI is InChI=1S/C18H16F2N4OS/c1-10(17(25)22-11-7-8-13(19)14(20)9-11)26-18-23-15-6-4-3-5-12(15)16(21-2)24-18/h3-10H,1-2H3,(H,22,25)(H,21,23,24)/t10-/m1/s1. The Kier molecular flexibility index (Phi) is 5.32. The van der Waals surface area contributed by atoms with Gasteiger partial charge in [-0.05, 0) is 31.2 Å². The number of anilines is 2. The molecule has 0 bridgehead atoms. The number of amides is 1. The Bertz CT molecular complexity index is 967. The number of para-hydroxylation sites is 1. The highest BCUT2D eigenvalue weighted by Gasteiger charge is 2.18. The molecular formula is C18H16F2N4OS. The molecule has 0 aliphatic rings. The molecule has 0 saturated heterocycles. The Morgan fingerprint density at radius 3 is 2.62 bits per heavy atom. The molecule has 2 aromatic carbocycles. The highest BCUT2D eigenvalue weighted by molar-refractivity contribution is 8.00. The number of carbonyl (C=O) groups excluding carboxylic acids is 1. The van der Waals surface area contributed by atoms with Crippen LogP contribution < -0.4 is 10.6 Å². The van der Waals surface area contributed by atoms with Crippen molar-refractivity contribution in [3.05, 3.63) is 54.1 Å². The smallest absolute Gasteiger partial charge is 0.237 e. The molecule has 8 heteroatoms. The van der Waals surface area contributed by atoms with Gasteiger partial charge in [-0.1, -0.05) is 23.9 Å². The molecule has 26 heavy (non-hydrogen) atoms. The second-order valence-corrected chi connectivity index (χ2v) is 6.81. The molecule has 3 rings (SSSR count). The molecule has 0 radical (unpaired) electrons. The molecule has 2 N–H and O–H groups in total. The molecule has 1 heterocycles. The predicted molar refractivity (Wildman–Crippen MR) is 99.4 cm³/mol. The van der Waals surface area contributed by atoms with Gasteiger partial charge in [-0.15, -0.1) is 0 Å². The highest BCUT2D eigenvalue weighted by atomic mass is 32.2. The molecule has 1 aromatic heterocycles. The van der Waals surface area contributed by atoms with Crippen molar-refractivity contribution in [2.75, 3.05) is 17.7 Å². The van der Waals surface area contributed by atoms with E-state index >= 15 is 0 Å². The molecule has 1 atom stereocenters. The van der Waals surface area contributed by atoms with E-state index < -0.39 is 16.9 Å². The van der Waals surface area contributed by atoms with Crippen LogP contribution in [-0.4, -0.2) is 28.2 Å². The van der Waals surface area contributed by atoms with Gasteiger partial charge in [0.15, 0.2) is 16.8 Å². The Morgan fingerprint density at radius 1 is 1.12 bits per heavy atom. The summed E-state index contributed by atoms with van der Waals surface area (Å²) in [5.41, 5.74) is 0.958. The van der Waals surface area contributed by atoms with Crippen LogP contribution in [0.3, 0.4) is 0 Å². The first kappa shape index (κ1) is 18.1. The number of rotatable bonds is 5. The number of hydrogen-bond acceptors (Lipinski definition) is 5. The summed E-state index contributed by atoms with van der Waals surface area (Å²) in [5.74, 6) is -1.66. The van der Waals surface area contributed by atoms with Crippen molar-refractivity contribution in [2.24, 2.45) is 0 Å². The molecule has 0 spiro atoms. The third-order valence-electron chi connectivity index (χ3n) is 3.66. The largest absolute Gasteiger partial charge is 0.372 e. The van der Waals surface area contributed by atoms with Gasteiger partial charge in [0, 0.05) is 24.2 Å². The van der Waals surface area contributed by atoms with E-state index in [1.165, 1.54) is 17.8 Å². The third kappa shape index (κ3) is 3.91. The van der Waals surface area contributed by atoms with E-state index in [9.17, 15) is 13.6 Å². The minimum Gasteiger partial charge on any atom is -0.372 e. The SMILES string of the molecule is CNc1nc(S[C@H](C)C(=O)Nc2ccc(F)c(F)c2)nc2ccccc12. The number of thioether (sulfide) groups is 1. The molecular weight excluding hydrogens is 358 g/mol. The summed E-state index contributed by atoms with van der Waals surface area (Å²) in [6.07, 6.45) is 0. The second-order valence-electron chi connectivity index (χ2n) is 5.50. The minimum absolute atomic E-state index is 0.191. The maximum atomic E-state index is 13.3. The Hall–Kier alpha value is -2.74. The Labute approximate surface area is 153 Å². The van der Waals surface area contributed by atoms with Gasteiger partial charge in [0.1, 0.15) is 5.82 Å². The molecule has 3 aromatic rings. The van der Waals surface area contributed by atoms with Crippen LogP contribution in [0.25, 0.3) is 10.9 Å². The van der Waals surface area contributed by atoms with Gasteiger partial charge in [0.25, 0.3) is 0 Å². The third-order valence-corrected chi connectivity index (χ3v) is 4.62. The van der Waals surface area contributed by atoms with Crippen LogP contribution >= 0.6 is 11.8 Å². The molecule has 0 aliphatic carbocycles. The van der Waals surface area contributed by atoms with E-state index in [-0.39, 0.29) is 11.6 Å². The van der Waals surface area contributed by atoms with Crippen LogP contribution in [0.4, 0.5) is 20.3 Å². The van der Waals surface area contributed by atoms with Crippen LogP contribution in [0.2, 0.25) is 0 Å². The molecule has 0 saturated carbocycles. The van der Waals surface area contributed by atoms with Gasteiger partial charge >= 0.3 is 0 Å². The number of fused-ring (bicyclic) bond motifs is 1. The van der Waals surface area contributed by atoms with Crippen molar-refractivity contribution in [1.82, 2.24) is 9.97 Å². The van der Waals surface area contributed by atoms with Gasteiger partial charge in [-0.2, -0.15) is 0 Å². The number of carbonyl (C=O) groups is 1. The average molecular weight is 374 g/mol. The second kappa shape index (κ2) is 7.65. The molecule has 1 amide bonds. The van der Waals surface area contributed by atoms with E-state index in [1.807, 2.05) is 24.3 Å². The lowest BCUT2D eigenvalue weighted by Crippen LogP contribution is -2.22. The van der Waals surface area contributed by atoms with Gasteiger partial charge < -0.3 is 10.6 Å². The normalized spacial score (nSPS) is 12.0. The lowest BCUT2D eigenvalue weighted by atomic mass is 10.2. The van der Waals surface area contributed by atoms with E-state index in [0.717, 1.165) is 23.0 Å². The zero-order valence-electron chi connectivity index (χ0n) is 14.1. The highest BCUT2D eigenvalue weighted by Crippen LogP contribution is 2.27. The zero-order valence-corrected chi connectivity index (χ0v) is 14.9. The molecule has 0 fully saturated rings. The van der Waals surface area contributed by atoms with Gasteiger partial charge in [0.2, 0.25) is 5.91 Å². The monoisotopic (exact) mass is 374 g/mol. The van der Waals surface area contributed by atoms with Crippen LogP contribution in [0.5, 0.6) is 0 Å². The lowest BCUT2D eigenvalue weighted by Gasteiger charge is -2.13. The van der Waals surface area contributed by atoms with Gasteiger partial charge in [-0.25, -0.2) is 18.7 Å². The maximum Gasteiger partial charge on any atom is 0.237 e.